The Balaban J connectivity index is 1.60. The molecule has 0 unspecified atom stereocenters. The Hall–Kier alpha value is -0.460. The fraction of sp³-hybridized carbons (Fsp3) is 0.933. The number of methoxy groups -OCH3 is 1. The number of aliphatic hydroxyl groups is 4. The van der Waals surface area contributed by atoms with Gasteiger partial charge in [-0.15, -0.1) is 0 Å². The highest BCUT2D eigenvalue weighted by Crippen LogP contribution is 2.75. The summed E-state index contributed by atoms with van der Waals surface area (Å²) in [4.78, 5) is 0. The molecule has 0 aromatic heterocycles. The summed E-state index contributed by atoms with van der Waals surface area (Å²) in [5, 5.41) is 43.0. The number of allylic oxidation sites excluding steroid dienone is 1. The van der Waals surface area contributed by atoms with Crippen molar-refractivity contribution in [1.29, 1.82) is 0 Å². The Bertz CT molecular complexity index is 878. The fourth-order valence-corrected chi connectivity index (χ4v) is 10.8. The molecule has 0 aromatic carbocycles. The quantitative estimate of drug-likeness (QED) is 0.439. The fourth-order valence-electron chi connectivity index (χ4n) is 10.8. The van der Waals surface area contributed by atoms with Gasteiger partial charge in [0.15, 0.2) is 0 Å². The summed E-state index contributed by atoms with van der Waals surface area (Å²) >= 11 is 0. The molecular formula is C30H50O5. The summed E-state index contributed by atoms with van der Waals surface area (Å²) in [5.41, 5.74) is 0.895. The Morgan fingerprint density at radius 1 is 0.914 bits per heavy atom. The van der Waals surface area contributed by atoms with Crippen LogP contribution in [0.4, 0.5) is 0 Å². The molecule has 5 rings (SSSR count). The van der Waals surface area contributed by atoms with Gasteiger partial charge in [-0.1, -0.05) is 40.7 Å². The molecule has 4 fully saturated rings. The normalized spacial score (nSPS) is 52.4. The van der Waals surface area contributed by atoms with Crippen LogP contribution in [0.5, 0.6) is 0 Å². The summed E-state index contributed by atoms with van der Waals surface area (Å²) in [6, 6.07) is 0. The molecule has 9 atom stereocenters. The van der Waals surface area contributed by atoms with Gasteiger partial charge in [0.2, 0.25) is 0 Å². The second-order valence-corrected chi connectivity index (χ2v) is 14.9. The molecule has 4 N–H and O–H groups in total. The van der Waals surface area contributed by atoms with Crippen LogP contribution < -0.4 is 0 Å². The lowest BCUT2D eigenvalue weighted by atomic mass is 9.34. The van der Waals surface area contributed by atoms with E-state index in [0.717, 1.165) is 19.3 Å². The minimum atomic E-state index is -1.10. The van der Waals surface area contributed by atoms with Crippen molar-refractivity contribution in [2.75, 3.05) is 20.3 Å². The zero-order valence-electron chi connectivity index (χ0n) is 22.9. The van der Waals surface area contributed by atoms with Gasteiger partial charge in [0.25, 0.3) is 0 Å². The molecule has 4 saturated carbocycles. The van der Waals surface area contributed by atoms with E-state index in [4.69, 9.17) is 4.74 Å². The predicted molar refractivity (Wildman–Crippen MR) is 137 cm³/mol. The minimum absolute atomic E-state index is 0.0185. The highest BCUT2D eigenvalue weighted by Gasteiger charge is 2.70. The molecule has 0 aromatic rings. The van der Waals surface area contributed by atoms with E-state index in [-0.39, 0.29) is 47.4 Å². The SMILES string of the molecule is CO[C@H]1C[C@@H]2[C@@]3(C)C[C@@H](O)[C@@H](O)C(CO)(CO)[C@@H]3CC[C@@]2(C)[C@]2(C)CC[C@@]3(C=C12)CCC(C)(C)C3. The van der Waals surface area contributed by atoms with Crippen LogP contribution in [-0.4, -0.2) is 59.1 Å². The van der Waals surface area contributed by atoms with Crippen molar-refractivity contribution < 1.29 is 25.2 Å². The Morgan fingerprint density at radius 2 is 1.57 bits per heavy atom. The molecule has 5 nitrogen and oxygen atoms in total. The topological polar surface area (TPSA) is 90.2 Å². The molecule has 200 valence electrons. The van der Waals surface area contributed by atoms with Crippen molar-refractivity contribution in [1.82, 2.24) is 0 Å². The number of hydrogen-bond donors (Lipinski definition) is 4. The standard InChI is InChI=1S/C30H50O5/c1-25(2)9-11-29(16-25)12-10-27(4)19(14-29)21(35-6)13-23-26(3)15-20(33)24(34)30(17-31,18-32)22(26)7-8-28(23,27)5/h14,20-24,31-34H,7-13,15-18H2,1-6H3/t20-,21+,22-,23-,24-,26+,27-,28-,29-/m1/s1. The first kappa shape index (κ1) is 26.2. The molecular weight excluding hydrogens is 440 g/mol. The number of hydrogen-bond acceptors (Lipinski definition) is 5. The minimum Gasteiger partial charge on any atom is -0.396 e. The Morgan fingerprint density at radius 3 is 2.14 bits per heavy atom. The van der Waals surface area contributed by atoms with Crippen LogP contribution in [0.15, 0.2) is 11.6 Å². The summed E-state index contributed by atoms with van der Waals surface area (Å²) in [5.74, 6) is 0.230. The molecule has 5 heteroatoms. The van der Waals surface area contributed by atoms with Gasteiger partial charge in [-0.2, -0.15) is 0 Å². The van der Waals surface area contributed by atoms with Gasteiger partial charge < -0.3 is 25.2 Å². The van der Waals surface area contributed by atoms with Crippen molar-refractivity contribution in [2.24, 2.45) is 44.3 Å². The zero-order chi connectivity index (χ0) is 25.7. The van der Waals surface area contributed by atoms with Crippen LogP contribution >= 0.6 is 0 Å². The van der Waals surface area contributed by atoms with E-state index in [9.17, 15) is 20.4 Å². The summed E-state index contributed by atoms with van der Waals surface area (Å²) < 4.78 is 6.27. The van der Waals surface area contributed by atoms with E-state index in [2.05, 4.69) is 40.7 Å². The smallest absolute Gasteiger partial charge is 0.0902 e. The molecule has 5 aliphatic rings. The van der Waals surface area contributed by atoms with E-state index in [0.29, 0.717) is 17.3 Å². The Labute approximate surface area is 212 Å². The maximum Gasteiger partial charge on any atom is 0.0902 e. The van der Waals surface area contributed by atoms with E-state index in [1.807, 2.05) is 7.11 Å². The van der Waals surface area contributed by atoms with Gasteiger partial charge in [0.1, 0.15) is 0 Å². The monoisotopic (exact) mass is 490 g/mol. The summed E-state index contributed by atoms with van der Waals surface area (Å²) in [6.45, 7) is 11.4. The van der Waals surface area contributed by atoms with Crippen LogP contribution in [0, 0.1) is 44.3 Å². The molecule has 0 radical (unpaired) electrons. The first-order chi connectivity index (χ1) is 16.3. The molecule has 1 spiro atoms. The predicted octanol–water partition coefficient (Wildman–Crippen LogP) is 4.46. The van der Waals surface area contributed by atoms with Crippen LogP contribution in [0.2, 0.25) is 0 Å². The van der Waals surface area contributed by atoms with E-state index < -0.39 is 17.6 Å². The number of fused-ring (bicyclic) bond motifs is 5. The molecule has 35 heavy (non-hydrogen) atoms. The maximum absolute atomic E-state index is 11.0. The van der Waals surface area contributed by atoms with Gasteiger partial charge in [-0.3, -0.25) is 0 Å². The first-order valence-electron chi connectivity index (χ1n) is 14.1. The van der Waals surface area contributed by atoms with Crippen LogP contribution in [0.25, 0.3) is 0 Å². The molecule has 0 heterocycles. The lowest BCUT2D eigenvalue weighted by molar-refractivity contribution is -0.263. The third-order valence-corrected chi connectivity index (χ3v) is 12.9. The second kappa shape index (κ2) is 8.02. The third-order valence-electron chi connectivity index (χ3n) is 12.9. The average molecular weight is 491 g/mol. The first-order valence-corrected chi connectivity index (χ1v) is 14.1. The van der Waals surface area contributed by atoms with Crippen LogP contribution in [-0.2, 0) is 4.74 Å². The van der Waals surface area contributed by atoms with Gasteiger partial charge in [-0.25, -0.2) is 0 Å². The average Bonchev–Trinajstić information content (AvgIpc) is 3.11. The van der Waals surface area contributed by atoms with Gasteiger partial charge in [-0.05, 0) is 102 Å². The number of ether oxygens (including phenoxy) is 1. The Kier molecular flexibility index (Phi) is 6.00. The molecule has 0 aliphatic heterocycles. The van der Waals surface area contributed by atoms with Crippen molar-refractivity contribution in [2.45, 2.75) is 111 Å². The van der Waals surface area contributed by atoms with Crippen molar-refractivity contribution >= 4 is 0 Å². The van der Waals surface area contributed by atoms with E-state index >= 15 is 0 Å². The van der Waals surface area contributed by atoms with Gasteiger partial charge in [0, 0.05) is 12.5 Å². The maximum atomic E-state index is 11.0. The second-order valence-electron chi connectivity index (χ2n) is 14.9. The number of aliphatic hydroxyl groups excluding tert-OH is 4. The van der Waals surface area contributed by atoms with E-state index in [1.54, 1.807) is 0 Å². The highest BCUT2D eigenvalue weighted by atomic mass is 16.5. The molecule has 0 amide bonds. The van der Waals surface area contributed by atoms with Crippen molar-refractivity contribution in [3.05, 3.63) is 11.6 Å². The highest BCUT2D eigenvalue weighted by molar-refractivity contribution is 5.35. The lowest BCUT2D eigenvalue weighted by Gasteiger charge is -2.71. The van der Waals surface area contributed by atoms with E-state index in [1.165, 1.54) is 37.7 Å². The molecule has 0 bridgehead atoms. The van der Waals surface area contributed by atoms with Crippen LogP contribution in [0.3, 0.4) is 0 Å². The van der Waals surface area contributed by atoms with Gasteiger partial charge >= 0.3 is 0 Å². The third kappa shape index (κ3) is 3.30. The van der Waals surface area contributed by atoms with Crippen molar-refractivity contribution in [3.63, 3.8) is 0 Å². The zero-order valence-corrected chi connectivity index (χ0v) is 22.9. The molecule has 0 saturated heterocycles. The lowest BCUT2D eigenvalue weighted by Crippen LogP contribution is -2.70. The molecule has 5 aliphatic carbocycles. The summed E-state index contributed by atoms with van der Waals surface area (Å²) in [6.07, 6.45) is 10.1. The van der Waals surface area contributed by atoms with Gasteiger partial charge in [0.05, 0.1) is 31.5 Å². The van der Waals surface area contributed by atoms with Crippen LogP contribution in [0.1, 0.15) is 92.4 Å². The van der Waals surface area contributed by atoms with Crippen molar-refractivity contribution in [3.8, 4) is 0 Å². The number of rotatable bonds is 3. The summed E-state index contributed by atoms with van der Waals surface area (Å²) in [7, 11) is 1.85. The largest absolute Gasteiger partial charge is 0.396 e.